The zero-order valence-corrected chi connectivity index (χ0v) is 12.0. The molecule has 0 bridgehead atoms. The molecule has 0 fully saturated rings. The number of sulfonamides is 1. The first-order valence-corrected chi connectivity index (χ1v) is 8.03. The van der Waals surface area contributed by atoms with Crippen LogP contribution in [0.5, 0.6) is 0 Å². The fourth-order valence-corrected chi connectivity index (χ4v) is 3.23. The molecule has 5 heteroatoms. The third kappa shape index (κ3) is 3.44. The van der Waals surface area contributed by atoms with Crippen molar-refractivity contribution in [2.24, 2.45) is 0 Å². The molecule has 0 aliphatic heterocycles. The molecule has 0 amide bonds. The van der Waals surface area contributed by atoms with E-state index in [-0.39, 0.29) is 5.75 Å². The van der Waals surface area contributed by atoms with Gasteiger partial charge in [0.15, 0.2) is 0 Å². The van der Waals surface area contributed by atoms with Crippen LogP contribution in [0.2, 0.25) is 0 Å². The van der Waals surface area contributed by atoms with Crippen molar-refractivity contribution >= 4 is 26.6 Å². The summed E-state index contributed by atoms with van der Waals surface area (Å²) in [7, 11) is -3.30. The quantitative estimate of drug-likeness (QED) is 0.914. The second kappa shape index (κ2) is 5.57. The monoisotopic (exact) mass is 278 g/mol. The highest BCUT2D eigenvalue weighted by Gasteiger charge is 2.12. The van der Waals surface area contributed by atoms with E-state index in [1.165, 1.54) is 0 Å². The molecule has 2 rings (SSSR count). The van der Waals surface area contributed by atoms with Crippen molar-refractivity contribution < 1.29 is 8.42 Å². The van der Waals surface area contributed by atoms with Crippen molar-refractivity contribution in [2.75, 3.05) is 10.5 Å². The number of hydrogen-bond acceptors (Lipinski definition) is 3. The van der Waals surface area contributed by atoms with Crippen molar-refractivity contribution in [1.29, 1.82) is 0 Å². The van der Waals surface area contributed by atoms with Crippen molar-refractivity contribution in [3.05, 3.63) is 36.0 Å². The van der Waals surface area contributed by atoms with E-state index < -0.39 is 10.0 Å². The highest BCUT2D eigenvalue weighted by atomic mass is 32.2. The molecule has 1 aromatic carbocycles. The normalized spacial score (nSPS) is 11.7. The second-order valence-electron chi connectivity index (χ2n) is 4.66. The van der Waals surface area contributed by atoms with Gasteiger partial charge < -0.3 is 0 Å². The number of aryl methyl sites for hydroxylation is 1. The van der Waals surface area contributed by atoms with Gasteiger partial charge in [0, 0.05) is 11.6 Å². The molecule has 4 nitrogen and oxygen atoms in total. The lowest BCUT2D eigenvalue weighted by molar-refractivity contribution is 0.598. The maximum atomic E-state index is 12.0. The molecule has 2 aromatic rings. The van der Waals surface area contributed by atoms with E-state index in [9.17, 15) is 8.42 Å². The van der Waals surface area contributed by atoms with Crippen LogP contribution in [0.25, 0.3) is 10.9 Å². The van der Waals surface area contributed by atoms with E-state index >= 15 is 0 Å². The molecule has 0 radical (unpaired) electrons. The third-order valence-corrected chi connectivity index (χ3v) is 4.24. The molecule has 0 aliphatic rings. The Morgan fingerprint density at radius 2 is 2.11 bits per heavy atom. The minimum atomic E-state index is -3.30. The lowest BCUT2D eigenvalue weighted by atomic mass is 10.1. The van der Waals surface area contributed by atoms with Gasteiger partial charge in [0.25, 0.3) is 0 Å². The molecule has 0 spiro atoms. The van der Waals surface area contributed by atoms with Crippen LogP contribution in [0.15, 0.2) is 30.5 Å². The van der Waals surface area contributed by atoms with Crippen LogP contribution in [0, 0.1) is 6.92 Å². The van der Waals surface area contributed by atoms with Crippen LogP contribution >= 0.6 is 0 Å². The molecule has 0 aliphatic carbocycles. The number of aromatic nitrogens is 1. The van der Waals surface area contributed by atoms with E-state index in [2.05, 4.69) is 9.71 Å². The lowest BCUT2D eigenvalue weighted by Crippen LogP contribution is -2.17. The van der Waals surface area contributed by atoms with Crippen LogP contribution < -0.4 is 4.72 Å². The van der Waals surface area contributed by atoms with Crippen LogP contribution in [0.3, 0.4) is 0 Å². The van der Waals surface area contributed by atoms with Gasteiger partial charge in [-0.25, -0.2) is 8.42 Å². The molecule has 19 heavy (non-hydrogen) atoms. The minimum absolute atomic E-state index is 0.145. The van der Waals surface area contributed by atoms with E-state index in [1.54, 1.807) is 6.20 Å². The van der Waals surface area contributed by atoms with E-state index in [0.717, 1.165) is 17.4 Å². The molecular formula is C14H18N2O2S. The van der Waals surface area contributed by atoms with Gasteiger partial charge in [0.1, 0.15) is 0 Å². The lowest BCUT2D eigenvalue weighted by Gasteiger charge is -2.11. The Morgan fingerprint density at radius 1 is 1.32 bits per heavy atom. The predicted molar refractivity (Wildman–Crippen MR) is 78.8 cm³/mol. The molecule has 1 heterocycles. The van der Waals surface area contributed by atoms with Gasteiger partial charge in [-0.05, 0) is 37.1 Å². The zero-order valence-electron chi connectivity index (χ0n) is 11.2. The zero-order chi connectivity index (χ0) is 13.9. The highest BCUT2D eigenvalue weighted by molar-refractivity contribution is 7.92. The summed E-state index contributed by atoms with van der Waals surface area (Å²) < 4.78 is 26.6. The smallest absolute Gasteiger partial charge is 0.232 e. The van der Waals surface area contributed by atoms with E-state index in [1.807, 2.05) is 38.1 Å². The molecule has 0 saturated heterocycles. The summed E-state index contributed by atoms with van der Waals surface area (Å²) in [4.78, 5) is 4.26. The molecule has 0 atom stereocenters. The number of hydrogen-bond donors (Lipinski definition) is 1. The van der Waals surface area contributed by atoms with Gasteiger partial charge >= 0.3 is 0 Å². The molecule has 102 valence electrons. The summed E-state index contributed by atoms with van der Waals surface area (Å²) >= 11 is 0. The third-order valence-electron chi connectivity index (χ3n) is 2.88. The average Bonchev–Trinajstić information content (AvgIpc) is 2.36. The number of rotatable bonds is 5. The summed E-state index contributed by atoms with van der Waals surface area (Å²) in [5.41, 5.74) is 2.26. The molecular weight excluding hydrogens is 260 g/mol. The first kappa shape index (κ1) is 13.8. The Hall–Kier alpha value is -1.62. The first-order chi connectivity index (χ1) is 9.02. The summed E-state index contributed by atoms with van der Waals surface area (Å²) in [6, 6.07) is 7.58. The topological polar surface area (TPSA) is 59.1 Å². The van der Waals surface area contributed by atoms with E-state index in [4.69, 9.17) is 0 Å². The summed E-state index contributed by atoms with van der Waals surface area (Å²) in [5.74, 6) is 0.145. The van der Waals surface area contributed by atoms with Gasteiger partial charge in [-0.15, -0.1) is 0 Å². The van der Waals surface area contributed by atoms with Crippen LogP contribution in [-0.4, -0.2) is 19.2 Å². The number of fused-ring (bicyclic) bond motifs is 1. The average molecular weight is 278 g/mol. The SMILES string of the molecule is CCCCS(=O)(=O)Nc1cc(C)cc2cccnc12. The summed E-state index contributed by atoms with van der Waals surface area (Å²) in [5, 5.41) is 0.940. The van der Waals surface area contributed by atoms with Crippen molar-refractivity contribution in [3.63, 3.8) is 0 Å². The van der Waals surface area contributed by atoms with Gasteiger partial charge in [-0.2, -0.15) is 0 Å². The Bertz CT molecular complexity index is 681. The number of benzene rings is 1. The predicted octanol–water partition coefficient (Wildman–Crippen LogP) is 3.09. The fraction of sp³-hybridized carbons (Fsp3) is 0.357. The molecule has 1 N–H and O–H groups in total. The van der Waals surface area contributed by atoms with Crippen LogP contribution in [-0.2, 0) is 10.0 Å². The first-order valence-electron chi connectivity index (χ1n) is 6.38. The van der Waals surface area contributed by atoms with Gasteiger partial charge in [-0.1, -0.05) is 19.4 Å². The minimum Gasteiger partial charge on any atom is -0.281 e. The van der Waals surface area contributed by atoms with Gasteiger partial charge in [0.05, 0.1) is 17.0 Å². The highest BCUT2D eigenvalue weighted by Crippen LogP contribution is 2.24. The second-order valence-corrected chi connectivity index (χ2v) is 6.50. The maximum absolute atomic E-state index is 12.0. The standard InChI is InChI=1S/C14H18N2O2S/c1-3-4-8-19(17,18)16-13-10-11(2)9-12-6-5-7-15-14(12)13/h5-7,9-10,16H,3-4,8H2,1-2H3. The largest absolute Gasteiger partial charge is 0.281 e. The van der Waals surface area contributed by atoms with Crippen LogP contribution in [0.1, 0.15) is 25.3 Å². The van der Waals surface area contributed by atoms with Crippen molar-refractivity contribution in [3.8, 4) is 0 Å². The number of nitrogens with zero attached hydrogens (tertiary/aromatic N) is 1. The maximum Gasteiger partial charge on any atom is 0.232 e. The number of unbranched alkanes of at least 4 members (excludes halogenated alkanes) is 1. The Morgan fingerprint density at radius 3 is 2.84 bits per heavy atom. The van der Waals surface area contributed by atoms with Crippen molar-refractivity contribution in [1.82, 2.24) is 4.98 Å². The Balaban J connectivity index is 2.40. The number of anilines is 1. The molecule has 1 aromatic heterocycles. The summed E-state index contributed by atoms with van der Waals surface area (Å²) in [6.07, 6.45) is 3.18. The summed E-state index contributed by atoms with van der Waals surface area (Å²) in [6.45, 7) is 3.91. The van der Waals surface area contributed by atoms with Crippen LogP contribution in [0.4, 0.5) is 5.69 Å². The molecule has 0 saturated carbocycles. The fourth-order valence-electron chi connectivity index (χ4n) is 1.97. The van der Waals surface area contributed by atoms with Gasteiger partial charge in [-0.3, -0.25) is 9.71 Å². The Kier molecular flexibility index (Phi) is 4.04. The van der Waals surface area contributed by atoms with Gasteiger partial charge in [0.2, 0.25) is 10.0 Å². The Labute approximate surface area is 113 Å². The number of nitrogens with one attached hydrogen (secondary N) is 1. The van der Waals surface area contributed by atoms with Crippen molar-refractivity contribution in [2.45, 2.75) is 26.7 Å². The molecule has 0 unspecified atom stereocenters. The van der Waals surface area contributed by atoms with E-state index in [0.29, 0.717) is 17.6 Å². The number of pyridine rings is 1.